The molecule has 1 amide bonds. The van der Waals surface area contributed by atoms with Crippen LogP contribution in [0.1, 0.15) is 18.4 Å². The first kappa shape index (κ1) is 15.7. The summed E-state index contributed by atoms with van der Waals surface area (Å²) in [7, 11) is 0. The van der Waals surface area contributed by atoms with Gasteiger partial charge in [0.2, 0.25) is 0 Å². The Bertz CT molecular complexity index is 539. The van der Waals surface area contributed by atoms with E-state index in [1.165, 1.54) is 4.90 Å². The van der Waals surface area contributed by atoms with Crippen molar-refractivity contribution in [3.63, 3.8) is 0 Å². The Labute approximate surface area is 123 Å². The Morgan fingerprint density at radius 3 is 2.86 bits per heavy atom. The molecule has 1 fully saturated rings. The topological polar surface area (TPSA) is 68.5 Å². The third-order valence-corrected chi connectivity index (χ3v) is 3.31. The van der Waals surface area contributed by atoms with Crippen LogP contribution in [0.2, 0.25) is 5.02 Å². The number of anilines is 1. The van der Waals surface area contributed by atoms with Crippen molar-refractivity contribution in [2.75, 3.05) is 18.0 Å². The second kappa shape index (κ2) is 5.97. The van der Waals surface area contributed by atoms with E-state index in [0.29, 0.717) is 19.4 Å². The number of halogens is 4. The van der Waals surface area contributed by atoms with Crippen molar-refractivity contribution in [2.45, 2.75) is 25.1 Å². The Kier molecular flexibility index (Phi) is 4.46. The second-order valence-corrected chi connectivity index (χ2v) is 5.11. The summed E-state index contributed by atoms with van der Waals surface area (Å²) in [5.41, 5.74) is 4.03. The van der Waals surface area contributed by atoms with E-state index in [4.69, 9.17) is 22.1 Å². The zero-order valence-corrected chi connectivity index (χ0v) is 11.6. The van der Waals surface area contributed by atoms with E-state index in [1.807, 2.05) is 0 Å². The van der Waals surface area contributed by atoms with Gasteiger partial charge in [0.15, 0.2) is 0 Å². The first-order chi connectivity index (χ1) is 9.77. The standard InChI is InChI=1S/C12H13ClF3N3O2/c13-7-4-9(12(14,15)16)10(18-5-7)19-3-1-2-8(6-19)21-11(17)20/h4-5,8H,1-3,6H2,(H2,17,20)/t8-/m1/s1. The molecule has 2 heterocycles. The molecule has 1 aliphatic rings. The monoisotopic (exact) mass is 323 g/mol. The van der Waals surface area contributed by atoms with Crippen LogP contribution >= 0.6 is 11.6 Å². The molecule has 2 N–H and O–H groups in total. The van der Waals surface area contributed by atoms with Crippen LogP contribution in [0.3, 0.4) is 0 Å². The molecule has 2 rings (SSSR count). The minimum absolute atomic E-state index is 0.0898. The molecule has 0 aromatic carbocycles. The number of primary amides is 1. The van der Waals surface area contributed by atoms with Crippen LogP contribution < -0.4 is 10.6 Å². The largest absolute Gasteiger partial charge is 0.445 e. The number of hydrogen-bond donors (Lipinski definition) is 1. The number of hydrogen-bond acceptors (Lipinski definition) is 4. The number of ether oxygens (including phenoxy) is 1. The SMILES string of the molecule is NC(=O)O[C@@H]1CCCN(c2ncc(Cl)cc2C(F)(F)F)C1. The molecule has 1 aromatic heterocycles. The highest BCUT2D eigenvalue weighted by molar-refractivity contribution is 6.30. The van der Waals surface area contributed by atoms with Crippen LogP contribution in [0.5, 0.6) is 0 Å². The average molecular weight is 324 g/mol. The highest BCUT2D eigenvalue weighted by atomic mass is 35.5. The number of carbonyl (C=O) groups excluding carboxylic acids is 1. The quantitative estimate of drug-likeness (QED) is 0.908. The van der Waals surface area contributed by atoms with Gasteiger partial charge in [0.25, 0.3) is 0 Å². The minimum Gasteiger partial charge on any atom is -0.445 e. The Balaban J connectivity index is 2.27. The molecule has 1 atom stereocenters. The first-order valence-electron chi connectivity index (χ1n) is 6.21. The van der Waals surface area contributed by atoms with Crippen molar-refractivity contribution in [2.24, 2.45) is 5.73 Å². The molecule has 0 aliphatic carbocycles. The van der Waals surface area contributed by atoms with Gasteiger partial charge >= 0.3 is 12.3 Å². The molecular weight excluding hydrogens is 311 g/mol. The van der Waals surface area contributed by atoms with Crippen molar-refractivity contribution in [1.29, 1.82) is 0 Å². The molecule has 1 saturated heterocycles. The van der Waals surface area contributed by atoms with E-state index in [1.54, 1.807) is 0 Å². The van der Waals surface area contributed by atoms with Gasteiger partial charge in [-0.1, -0.05) is 11.6 Å². The maximum Gasteiger partial charge on any atom is 0.420 e. The summed E-state index contributed by atoms with van der Waals surface area (Å²) in [5.74, 6) is -0.218. The van der Waals surface area contributed by atoms with E-state index < -0.39 is 23.9 Å². The van der Waals surface area contributed by atoms with Gasteiger partial charge in [0, 0.05) is 12.7 Å². The fraction of sp³-hybridized carbons (Fsp3) is 0.500. The lowest BCUT2D eigenvalue weighted by atomic mass is 10.1. The number of alkyl halides is 3. The number of nitrogens with zero attached hydrogens (tertiary/aromatic N) is 2. The van der Waals surface area contributed by atoms with Crippen molar-refractivity contribution in [3.05, 3.63) is 22.8 Å². The molecule has 0 bridgehead atoms. The normalized spacial score (nSPS) is 19.4. The lowest BCUT2D eigenvalue weighted by Gasteiger charge is -2.34. The van der Waals surface area contributed by atoms with Crippen molar-refractivity contribution in [1.82, 2.24) is 4.98 Å². The highest BCUT2D eigenvalue weighted by Gasteiger charge is 2.37. The second-order valence-electron chi connectivity index (χ2n) is 4.67. The molecule has 5 nitrogen and oxygen atoms in total. The average Bonchev–Trinajstić information content (AvgIpc) is 2.37. The van der Waals surface area contributed by atoms with E-state index in [0.717, 1.165) is 12.3 Å². The van der Waals surface area contributed by atoms with Crippen molar-refractivity contribution in [3.8, 4) is 0 Å². The molecule has 9 heteroatoms. The van der Waals surface area contributed by atoms with Gasteiger partial charge in [0.05, 0.1) is 17.1 Å². The van der Waals surface area contributed by atoms with Gasteiger partial charge in [-0.25, -0.2) is 9.78 Å². The minimum atomic E-state index is -4.56. The third-order valence-electron chi connectivity index (χ3n) is 3.10. The summed E-state index contributed by atoms with van der Waals surface area (Å²) in [6.07, 6.45) is -3.78. The molecule has 1 aromatic rings. The summed E-state index contributed by atoms with van der Waals surface area (Å²) < 4.78 is 44.0. The number of amides is 1. The summed E-state index contributed by atoms with van der Waals surface area (Å²) in [6, 6.07) is 0.836. The van der Waals surface area contributed by atoms with Gasteiger partial charge in [-0.2, -0.15) is 13.2 Å². The lowest BCUT2D eigenvalue weighted by Crippen LogP contribution is -2.42. The number of rotatable bonds is 2. The molecular formula is C12H13ClF3N3O2. The molecule has 0 unspecified atom stereocenters. The smallest absolute Gasteiger partial charge is 0.420 e. The number of piperidine rings is 1. The van der Waals surface area contributed by atoms with Crippen LogP contribution in [0.4, 0.5) is 23.8 Å². The summed E-state index contributed by atoms with van der Waals surface area (Å²) in [6.45, 7) is 0.497. The van der Waals surface area contributed by atoms with Gasteiger partial charge < -0.3 is 15.4 Å². The molecule has 0 spiro atoms. The van der Waals surface area contributed by atoms with Crippen LogP contribution in [0.25, 0.3) is 0 Å². The Morgan fingerprint density at radius 1 is 1.52 bits per heavy atom. The van der Waals surface area contributed by atoms with Crippen molar-refractivity contribution >= 4 is 23.5 Å². The maximum absolute atomic E-state index is 13.1. The molecule has 116 valence electrons. The Hall–Kier alpha value is -1.70. The predicted molar refractivity (Wildman–Crippen MR) is 70.2 cm³/mol. The molecule has 21 heavy (non-hydrogen) atoms. The number of aromatic nitrogens is 1. The number of pyridine rings is 1. The molecule has 0 saturated carbocycles. The third kappa shape index (κ3) is 3.90. The summed E-state index contributed by atoms with van der Waals surface area (Å²) in [4.78, 5) is 16.0. The zero-order valence-electron chi connectivity index (χ0n) is 10.9. The van der Waals surface area contributed by atoms with E-state index >= 15 is 0 Å². The molecule has 0 radical (unpaired) electrons. The van der Waals surface area contributed by atoms with Gasteiger partial charge in [0.1, 0.15) is 11.9 Å². The predicted octanol–water partition coefficient (Wildman–Crippen LogP) is 2.82. The fourth-order valence-corrected chi connectivity index (χ4v) is 2.44. The highest BCUT2D eigenvalue weighted by Crippen LogP contribution is 2.37. The van der Waals surface area contributed by atoms with Crippen LogP contribution in [0, 0.1) is 0 Å². The van der Waals surface area contributed by atoms with Gasteiger partial charge in [-0.3, -0.25) is 0 Å². The van der Waals surface area contributed by atoms with Gasteiger partial charge in [-0.05, 0) is 18.9 Å². The van der Waals surface area contributed by atoms with E-state index in [2.05, 4.69) is 4.98 Å². The van der Waals surface area contributed by atoms with Crippen molar-refractivity contribution < 1.29 is 22.7 Å². The number of nitrogens with two attached hydrogens (primary N) is 1. The maximum atomic E-state index is 13.1. The molecule has 1 aliphatic heterocycles. The first-order valence-corrected chi connectivity index (χ1v) is 6.59. The van der Waals surface area contributed by atoms with Gasteiger partial charge in [-0.15, -0.1) is 0 Å². The number of carbonyl (C=O) groups is 1. The zero-order chi connectivity index (χ0) is 15.6. The fourth-order valence-electron chi connectivity index (χ4n) is 2.28. The Morgan fingerprint density at radius 2 is 2.24 bits per heavy atom. The van der Waals surface area contributed by atoms with E-state index in [9.17, 15) is 18.0 Å². The summed E-state index contributed by atoms with van der Waals surface area (Å²) in [5, 5.41) is -0.0898. The summed E-state index contributed by atoms with van der Waals surface area (Å²) >= 11 is 5.59. The van der Waals surface area contributed by atoms with E-state index in [-0.39, 0.29) is 17.4 Å². The van der Waals surface area contributed by atoms with Crippen LogP contribution in [-0.4, -0.2) is 30.3 Å². The van der Waals surface area contributed by atoms with Crippen LogP contribution in [-0.2, 0) is 10.9 Å². The van der Waals surface area contributed by atoms with Crippen LogP contribution in [0.15, 0.2) is 12.3 Å². The lowest BCUT2D eigenvalue weighted by molar-refractivity contribution is -0.137.